The molecular weight excluding hydrogens is 196 g/mol. The van der Waals surface area contributed by atoms with E-state index < -0.39 is 0 Å². The van der Waals surface area contributed by atoms with Gasteiger partial charge in [-0.15, -0.1) is 0 Å². The van der Waals surface area contributed by atoms with Crippen molar-refractivity contribution in [1.29, 1.82) is 10.5 Å². The molecule has 3 saturated carbocycles. The van der Waals surface area contributed by atoms with Crippen molar-refractivity contribution in [2.45, 2.75) is 25.7 Å². The van der Waals surface area contributed by atoms with Gasteiger partial charge in [-0.3, -0.25) is 0 Å². The summed E-state index contributed by atoms with van der Waals surface area (Å²) < 4.78 is 0. The van der Waals surface area contributed by atoms with Crippen LogP contribution in [0.2, 0.25) is 0 Å². The van der Waals surface area contributed by atoms with Gasteiger partial charge in [-0.1, -0.05) is 0 Å². The van der Waals surface area contributed by atoms with Crippen molar-refractivity contribution in [2.24, 2.45) is 35.5 Å². The number of hydrogen-bond donors (Lipinski definition) is 0. The van der Waals surface area contributed by atoms with Gasteiger partial charge in [0.1, 0.15) is 0 Å². The summed E-state index contributed by atoms with van der Waals surface area (Å²) in [7, 11) is 0. The number of nitrogens with zero attached hydrogens (tertiary/aromatic N) is 2. The summed E-state index contributed by atoms with van der Waals surface area (Å²) >= 11 is 0. The highest BCUT2D eigenvalue weighted by Gasteiger charge is 2.62. The molecular formula is C14H14N2. The topological polar surface area (TPSA) is 47.6 Å². The van der Waals surface area contributed by atoms with Gasteiger partial charge in [0.05, 0.1) is 12.1 Å². The van der Waals surface area contributed by atoms with Crippen molar-refractivity contribution in [3.8, 4) is 12.1 Å². The lowest BCUT2D eigenvalue weighted by Gasteiger charge is -2.46. The second-order valence-corrected chi connectivity index (χ2v) is 5.91. The highest BCUT2D eigenvalue weighted by Crippen LogP contribution is 2.68. The van der Waals surface area contributed by atoms with E-state index in [0.717, 1.165) is 34.8 Å². The summed E-state index contributed by atoms with van der Waals surface area (Å²) in [6.45, 7) is 0. The number of rotatable bonds is 0. The molecule has 2 nitrogen and oxygen atoms in total. The Morgan fingerprint density at radius 2 is 1.00 bits per heavy atom. The van der Waals surface area contributed by atoms with E-state index in [9.17, 15) is 10.5 Å². The van der Waals surface area contributed by atoms with Gasteiger partial charge < -0.3 is 0 Å². The molecule has 0 aromatic rings. The van der Waals surface area contributed by atoms with Crippen molar-refractivity contribution in [3.05, 3.63) is 11.1 Å². The molecule has 0 radical (unpaired) electrons. The Bertz CT molecular complexity index is 412. The van der Waals surface area contributed by atoms with E-state index in [4.69, 9.17) is 0 Å². The lowest BCUT2D eigenvalue weighted by atomic mass is 9.55. The Morgan fingerprint density at radius 1 is 0.688 bits per heavy atom. The van der Waals surface area contributed by atoms with Crippen LogP contribution in [0, 0.1) is 58.2 Å². The average molecular weight is 210 g/mol. The van der Waals surface area contributed by atoms with Gasteiger partial charge in [-0.25, -0.2) is 0 Å². The van der Waals surface area contributed by atoms with Crippen LogP contribution in [0.4, 0.5) is 0 Å². The van der Waals surface area contributed by atoms with Crippen LogP contribution in [-0.4, -0.2) is 0 Å². The standard InChI is InChI=1S/C14H14N2/c15-5-11-12(6-16)14-9-3-4-10(14)8-2-1-7(9)13(8)11/h7-10,13-14H,1-4H2/t7-,8+,9+,10-,13?,14?. The van der Waals surface area contributed by atoms with Gasteiger partial charge in [-0.05, 0) is 49.4 Å². The quantitative estimate of drug-likeness (QED) is 0.617. The highest BCUT2D eigenvalue weighted by molar-refractivity contribution is 5.48. The Hall–Kier alpha value is -1.28. The predicted octanol–water partition coefficient (Wildman–Crippen LogP) is 2.64. The first kappa shape index (κ1) is 8.82. The van der Waals surface area contributed by atoms with Crippen LogP contribution in [0.15, 0.2) is 11.1 Å². The first-order valence-corrected chi connectivity index (χ1v) is 6.41. The molecule has 0 aliphatic heterocycles. The molecule has 3 fully saturated rings. The molecule has 0 saturated heterocycles. The Morgan fingerprint density at radius 3 is 1.25 bits per heavy atom. The molecule has 0 N–H and O–H groups in total. The molecule has 0 heterocycles. The minimum Gasteiger partial charge on any atom is -0.193 e. The SMILES string of the molecule is N#CC1=C(C#N)C2[C@H]3CC[C@@H]2[C@@H]2CC[C@H]3C12. The lowest BCUT2D eigenvalue weighted by molar-refractivity contribution is 0.100. The fraction of sp³-hybridized carbons (Fsp3) is 0.714. The smallest absolute Gasteiger partial charge is 0.0960 e. The summed E-state index contributed by atoms with van der Waals surface area (Å²) in [4.78, 5) is 0. The number of allylic oxidation sites excluding steroid dienone is 2. The zero-order valence-corrected chi connectivity index (χ0v) is 9.19. The molecule has 5 rings (SSSR count). The molecule has 6 bridgehead atoms. The first-order valence-electron chi connectivity index (χ1n) is 6.41. The van der Waals surface area contributed by atoms with Gasteiger partial charge in [0.15, 0.2) is 0 Å². The molecule has 6 atom stereocenters. The maximum absolute atomic E-state index is 9.31. The van der Waals surface area contributed by atoms with Gasteiger partial charge >= 0.3 is 0 Å². The maximum Gasteiger partial charge on any atom is 0.0960 e. The molecule has 0 aromatic heterocycles. The second-order valence-electron chi connectivity index (χ2n) is 5.91. The summed E-state index contributed by atoms with van der Waals surface area (Å²) in [5.41, 5.74) is 1.77. The fourth-order valence-electron chi connectivity index (χ4n) is 5.53. The van der Waals surface area contributed by atoms with E-state index in [-0.39, 0.29) is 0 Å². The number of nitriles is 2. The Balaban J connectivity index is 1.98. The third-order valence-corrected chi connectivity index (χ3v) is 5.81. The van der Waals surface area contributed by atoms with Crippen LogP contribution in [0.3, 0.4) is 0 Å². The monoisotopic (exact) mass is 210 g/mol. The molecule has 2 unspecified atom stereocenters. The molecule has 80 valence electrons. The maximum atomic E-state index is 9.31. The van der Waals surface area contributed by atoms with Gasteiger partial charge in [0.25, 0.3) is 0 Å². The normalized spacial score (nSPS) is 51.6. The van der Waals surface area contributed by atoms with E-state index in [1.54, 1.807) is 0 Å². The van der Waals surface area contributed by atoms with Crippen LogP contribution in [0.5, 0.6) is 0 Å². The third kappa shape index (κ3) is 0.736. The Kier molecular flexibility index (Phi) is 1.48. The minimum atomic E-state index is 0.474. The van der Waals surface area contributed by atoms with Crippen LogP contribution in [0.1, 0.15) is 25.7 Å². The van der Waals surface area contributed by atoms with Crippen LogP contribution >= 0.6 is 0 Å². The molecule has 0 aromatic carbocycles. The van der Waals surface area contributed by atoms with Gasteiger partial charge in [-0.2, -0.15) is 10.5 Å². The van der Waals surface area contributed by atoms with E-state index in [1.165, 1.54) is 25.7 Å². The lowest BCUT2D eigenvalue weighted by Crippen LogP contribution is -2.43. The van der Waals surface area contributed by atoms with Crippen molar-refractivity contribution < 1.29 is 0 Å². The van der Waals surface area contributed by atoms with Crippen LogP contribution in [-0.2, 0) is 0 Å². The first-order chi connectivity index (χ1) is 7.86. The largest absolute Gasteiger partial charge is 0.193 e. The van der Waals surface area contributed by atoms with Gasteiger partial charge in [0, 0.05) is 23.0 Å². The molecule has 5 aliphatic rings. The Labute approximate surface area is 95.6 Å². The van der Waals surface area contributed by atoms with E-state index in [2.05, 4.69) is 12.1 Å². The molecule has 0 amide bonds. The van der Waals surface area contributed by atoms with E-state index >= 15 is 0 Å². The van der Waals surface area contributed by atoms with Crippen LogP contribution in [0.25, 0.3) is 0 Å². The summed E-state index contributed by atoms with van der Waals surface area (Å²) in [5, 5.41) is 18.6. The van der Waals surface area contributed by atoms with Crippen molar-refractivity contribution in [2.75, 3.05) is 0 Å². The van der Waals surface area contributed by atoms with Crippen molar-refractivity contribution >= 4 is 0 Å². The minimum absolute atomic E-state index is 0.474. The van der Waals surface area contributed by atoms with Crippen molar-refractivity contribution in [3.63, 3.8) is 0 Å². The summed E-state index contributed by atoms with van der Waals surface area (Å²) in [5.74, 6) is 3.95. The molecule has 2 heteroatoms. The third-order valence-electron chi connectivity index (χ3n) is 5.81. The molecule has 16 heavy (non-hydrogen) atoms. The molecule has 5 aliphatic carbocycles. The summed E-state index contributed by atoms with van der Waals surface area (Å²) in [6, 6.07) is 4.73. The van der Waals surface area contributed by atoms with Gasteiger partial charge in [0.2, 0.25) is 0 Å². The second kappa shape index (κ2) is 2.69. The summed E-state index contributed by atoms with van der Waals surface area (Å²) in [6.07, 6.45) is 5.27. The fourth-order valence-corrected chi connectivity index (χ4v) is 5.53. The average Bonchev–Trinajstić information content (AvgIpc) is 2.82. The number of hydrogen-bond acceptors (Lipinski definition) is 2. The van der Waals surface area contributed by atoms with Crippen molar-refractivity contribution in [1.82, 2.24) is 0 Å². The van der Waals surface area contributed by atoms with E-state index in [1.807, 2.05) is 0 Å². The predicted molar refractivity (Wildman–Crippen MR) is 57.7 cm³/mol. The molecule has 0 spiro atoms. The van der Waals surface area contributed by atoms with Crippen LogP contribution < -0.4 is 0 Å². The zero-order valence-electron chi connectivity index (χ0n) is 9.19. The highest BCUT2D eigenvalue weighted by atomic mass is 14.7. The zero-order chi connectivity index (χ0) is 10.9. The van der Waals surface area contributed by atoms with E-state index in [0.29, 0.717) is 11.8 Å².